The van der Waals surface area contributed by atoms with Gasteiger partial charge in [-0.1, -0.05) is 30.3 Å². The molecule has 114 valence electrons. The SMILES string of the molecule is O=C(NCCn1cc([N+](=O)[O-])cn1)C1CC1c1ccccc1. The van der Waals surface area contributed by atoms with Crippen molar-refractivity contribution in [3.8, 4) is 0 Å². The van der Waals surface area contributed by atoms with Crippen LogP contribution in [0, 0.1) is 16.0 Å². The Kier molecular flexibility index (Phi) is 3.86. The molecule has 0 aliphatic heterocycles. The molecule has 7 heteroatoms. The molecule has 1 saturated carbocycles. The monoisotopic (exact) mass is 300 g/mol. The summed E-state index contributed by atoms with van der Waals surface area (Å²) >= 11 is 0. The van der Waals surface area contributed by atoms with E-state index in [9.17, 15) is 14.9 Å². The number of benzene rings is 1. The Bertz CT molecular complexity index is 683. The second kappa shape index (κ2) is 5.97. The minimum absolute atomic E-state index is 0.0364. The molecule has 3 rings (SSSR count). The van der Waals surface area contributed by atoms with E-state index < -0.39 is 4.92 Å². The predicted octanol–water partition coefficient (Wildman–Crippen LogP) is 1.71. The zero-order valence-corrected chi connectivity index (χ0v) is 11.9. The second-order valence-electron chi connectivity index (χ2n) is 5.37. The Morgan fingerprint density at radius 1 is 1.41 bits per heavy atom. The van der Waals surface area contributed by atoms with Gasteiger partial charge in [0.05, 0.1) is 11.5 Å². The van der Waals surface area contributed by atoms with Gasteiger partial charge in [-0.2, -0.15) is 5.10 Å². The highest BCUT2D eigenvalue weighted by Crippen LogP contribution is 2.47. The average Bonchev–Trinajstić information content (AvgIpc) is 3.19. The van der Waals surface area contributed by atoms with Gasteiger partial charge in [0.2, 0.25) is 5.91 Å². The van der Waals surface area contributed by atoms with Crippen LogP contribution < -0.4 is 5.32 Å². The van der Waals surface area contributed by atoms with Gasteiger partial charge in [0, 0.05) is 12.5 Å². The fourth-order valence-electron chi connectivity index (χ4n) is 2.55. The van der Waals surface area contributed by atoms with Crippen LogP contribution in [0.4, 0.5) is 5.69 Å². The third-order valence-electron chi connectivity index (χ3n) is 3.83. The van der Waals surface area contributed by atoms with Crippen molar-refractivity contribution in [3.05, 3.63) is 58.4 Å². The van der Waals surface area contributed by atoms with E-state index in [0.29, 0.717) is 19.0 Å². The van der Waals surface area contributed by atoms with Crippen LogP contribution in [0.2, 0.25) is 0 Å². The summed E-state index contributed by atoms with van der Waals surface area (Å²) in [5.41, 5.74) is 1.16. The first kappa shape index (κ1) is 14.2. The molecule has 1 aliphatic rings. The van der Waals surface area contributed by atoms with E-state index in [2.05, 4.69) is 10.4 Å². The van der Waals surface area contributed by atoms with Crippen molar-refractivity contribution in [2.45, 2.75) is 18.9 Å². The lowest BCUT2D eigenvalue weighted by Crippen LogP contribution is -2.29. The molecular weight excluding hydrogens is 284 g/mol. The minimum Gasteiger partial charge on any atom is -0.354 e. The Labute approximate surface area is 127 Å². The molecule has 0 saturated heterocycles. The fraction of sp³-hybridized carbons (Fsp3) is 0.333. The molecule has 0 radical (unpaired) electrons. The van der Waals surface area contributed by atoms with Gasteiger partial charge in [-0.3, -0.25) is 19.6 Å². The van der Waals surface area contributed by atoms with Crippen LogP contribution in [0.5, 0.6) is 0 Å². The number of carbonyl (C=O) groups is 1. The van der Waals surface area contributed by atoms with Gasteiger partial charge in [-0.25, -0.2) is 0 Å². The maximum absolute atomic E-state index is 12.0. The van der Waals surface area contributed by atoms with Gasteiger partial charge in [0.25, 0.3) is 0 Å². The number of aromatic nitrogens is 2. The van der Waals surface area contributed by atoms with E-state index >= 15 is 0 Å². The summed E-state index contributed by atoms with van der Waals surface area (Å²) in [6.45, 7) is 0.831. The van der Waals surface area contributed by atoms with E-state index in [4.69, 9.17) is 0 Å². The van der Waals surface area contributed by atoms with E-state index in [0.717, 1.165) is 6.42 Å². The zero-order chi connectivity index (χ0) is 15.5. The molecular formula is C15H16N4O3. The largest absolute Gasteiger partial charge is 0.354 e. The van der Waals surface area contributed by atoms with E-state index in [-0.39, 0.29) is 17.5 Å². The Hall–Kier alpha value is -2.70. The second-order valence-corrected chi connectivity index (χ2v) is 5.37. The highest BCUT2D eigenvalue weighted by atomic mass is 16.6. The number of rotatable bonds is 6. The molecule has 2 unspecified atom stereocenters. The number of nitrogens with one attached hydrogen (secondary N) is 1. The number of hydrogen-bond donors (Lipinski definition) is 1. The highest BCUT2D eigenvalue weighted by Gasteiger charge is 2.43. The molecule has 1 amide bonds. The van der Waals surface area contributed by atoms with Crippen LogP contribution in [-0.2, 0) is 11.3 Å². The molecule has 22 heavy (non-hydrogen) atoms. The smallest absolute Gasteiger partial charge is 0.306 e. The van der Waals surface area contributed by atoms with Crippen molar-refractivity contribution in [1.82, 2.24) is 15.1 Å². The topological polar surface area (TPSA) is 90.1 Å². The standard InChI is InChI=1S/C15H16N4O3/c20-15(14-8-13(14)11-4-2-1-3-5-11)16-6-7-18-10-12(9-17-18)19(21)22/h1-5,9-10,13-14H,6-8H2,(H,16,20). The summed E-state index contributed by atoms with van der Waals surface area (Å²) in [6, 6.07) is 10.0. The molecule has 2 aromatic rings. The first-order chi connectivity index (χ1) is 10.6. The minimum atomic E-state index is -0.489. The van der Waals surface area contributed by atoms with E-state index in [1.165, 1.54) is 22.6 Å². The van der Waals surface area contributed by atoms with Crippen molar-refractivity contribution in [3.63, 3.8) is 0 Å². The van der Waals surface area contributed by atoms with Crippen LogP contribution in [-0.4, -0.2) is 27.2 Å². The van der Waals surface area contributed by atoms with Crippen molar-refractivity contribution >= 4 is 11.6 Å². The van der Waals surface area contributed by atoms with Crippen LogP contribution >= 0.6 is 0 Å². The van der Waals surface area contributed by atoms with Crippen LogP contribution in [0.15, 0.2) is 42.7 Å². The molecule has 1 fully saturated rings. The van der Waals surface area contributed by atoms with E-state index in [1.807, 2.05) is 30.3 Å². The van der Waals surface area contributed by atoms with Gasteiger partial charge in [-0.15, -0.1) is 0 Å². The van der Waals surface area contributed by atoms with Crippen LogP contribution in [0.1, 0.15) is 17.9 Å². The lowest BCUT2D eigenvalue weighted by Gasteiger charge is -2.05. The maximum Gasteiger partial charge on any atom is 0.306 e. The average molecular weight is 300 g/mol. The Balaban J connectivity index is 1.44. The molecule has 1 heterocycles. The molecule has 1 aromatic carbocycles. The number of hydrogen-bond acceptors (Lipinski definition) is 4. The molecule has 1 aliphatic carbocycles. The zero-order valence-electron chi connectivity index (χ0n) is 11.9. The number of carbonyl (C=O) groups excluding carboxylic acids is 1. The normalized spacial score (nSPS) is 19.6. The third kappa shape index (κ3) is 3.13. The fourth-order valence-corrected chi connectivity index (χ4v) is 2.55. The quantitative estimate of drug-likeness (QED) is 0.649. The number of nitrogens with zero attached hydrogens (tertiary/aromatic N) is 3. The van der Waals surface area contributed by atoms with Gasteiger partial charge < -0.3 is 5.32 Å². The summed E-state index contributed by atoms with van der Waals surface area (Å²) < 4.78 is 1.46. The Morgan fingerprint density at radius 3 is 2.86 bits per heavy atom. The molecule has 1 aromatic heterocycles. The van der Waals surface area contributed by atoms with Gasteiger partial charge in [0.1, 0.15) is 12.4 Å². The summed E-state index contributed by atoms with van der Waals surface area (Å²) in [5.74, 6) is 0.386. The van der Waals surface area contributed by atoms with Gasteiger partial charge in [-0.05, 0) is 17.9 Å². The number of nitro groups is 1. The summed E-state index contributed by atoms with van der Waals surface area (Å²) in [4.78, 5) is 22.1. The van der Waals surface area contributed by atoms with Crippen LogP contribution in [0.25, 0.3) is 0 Å². The van der Waals surface area contributed by atoms with Crippen molar-refractivity contribution in [1.29, 1.82) is 0 Å². The highest BCUT2D eigenvalue weighted by molar-refractivity contribution is 5.82. The first-order valence-electron chi connectivity index (χ1n) is 7.14. The van der Waals surface area contributed by atoms with Crippen molar-refractivity contribution < 1.29 is 9.72 Å². The predicted molar refractivity (Wildman–Crippen MR) is 79.2 cm³/mol. The summed E-state index contributed by atoms with van der Waals surface area (Å²) in [6.07, 6.45) is 3.44. The lowest BCUT2D eigenvalue weighted by molar-refractivity contribution is -0.385. The van der Waals surface area contributed by atoms with Crippen LogP contribution in [0.3, 0.4) is 0 Å². The van der Waals surface area contributed by atoms with Gasteiger partial charge >= 0.3 is 5.69 Å². The van der Waals surface area contributed by atoms with Crippen molar-refractivity contribution in [2.24, 2.45) is 5.92 Å². The molecule has 0 spiro atoms. The summed E-state index contributed by atoms with van der Waals surface area (Å²) in [7, 11) is 0. The molecule has 1 N–H and O–H groups in total. The Morgan fingerprint density at radius 2 is 2.18 bits per heavy atom. The van der Waals surface area contributed by atoms with Gasteiger partial charge in [0.15, 0.2) is 0 Å². The van der Waals surface area contributed by atoms with E-state index in [1.54, 1.807) is 0 Å². The third-order valence-corrected chi connectivity index (χ3v) is 3.83. The first-order valence-corrected chi connectivity index (χ1v) is 7.14. The number of amides is 1. The van der Waals surface area contributed by atoms with Crippen molar-refractivity contribution in [2.75, 3.05) is 6.54 Å². The summed E-state index contributed by atoms with van der Waals surface area (Å²) in [5, 5.41) is 17.3. The molecule has 2 atom stereocenters. The molecule has 7 nitrogen and oxygen atoms in total. The molecule has 0 bridgehead atoms. The maximum atomic E-state index is 12.0. The lowest BCUT2D eigenvalue weighted by atomic mass is 10.1.